The quantitative estimate of drug-likeness (QED) is 0.790. The lowest BCUT2D eigenvalue weighted by Gasteiger charge is -2.14. The van der Waals surface area contributed by atoms with Crippen molar-refractivity contribution in [3.05, 3.63) is 46.5 Å². The summed E-state index contributed by atoms with van der Waals surface area (Å²) in [5, 5.41) is 11.5. The Morgan fingerprint density at radius 1 is 1.53 bits per heavy atom. The number of halogens is 1. The van der Waals surface area contributed by atoms with Gasteiger partial charge in [-0.15, -0.1) is 6.58 Å². The SMILES string of the molecule is C=CCCC(NC(=O)c1ccc(C)c(Br)c1)C(=O)O. The summed E-state index contributed by atoms with van der Waals surface area (Å²) in [7, 11) is 0. The molecule has 102 valence electrons. The van der Waals surface area contributed by atoms with Gasteiger partial charge in [0.15, 0.2) is 0 Å². The number of allylic oxidation sites excluding steroid dienone is 1. The van der Waals surface area contributed by atoms with E-state index < -0.39 is 17.9 Å². The molecule has 0 aliphatic heterocycles. The van der Waals surface area contributed by atoms with E-state index in [1.165, 1.54) is 0 Å². The highest BCUT2D eigenvalue weighted by atomic mass is 79.9. The Morgan fingerprint density at radius 3 is 2.74 bits per heavy atom. The lowest BCUT2D eigenvalue weighted by Crippen LogP contribution is -2.40. The van der Waals surface area contributed by atoms with Gasteiger partial charge in [0.2, 0.25) is 0 Å². The number of carbonyl (C=O) groups excluding carboxylic acids is 1. The average Bonchev–Trinajstić information content (AvgIpc) is 2.37. The Bertz CT molecular complexity index is 499. The zero-order chi connectivity index (χ0) is 14.4. The van der Waals surface area contributed by atoms with Crippen LogP contribution in [0.1, 0.15) is 28.8 Å². The summed E-state index contributed by atoms with van der Waals surface area (Å²) in [4.78, 5) is 23.0. The Morgan fingerprint density at radius 2 is 2.21 bits per heavy atom. The molecular weight excluding hydrogens is 310 g/mol. The van der Waals surface area contributed by atoms with Crippen LogP contribution in [0.3, 0.4) is 0 Å². The van der Waals surface area contributed by atoms with Crippen molar-refractivity contribution < 1.29 is 14.7 Å². The first-order valence-electron chi connectivity index (χ1n) is 5.86. The van der Waals surface area contributed by atoms with E-state index in [2.05, 4.69) is 27.8 Å². The number of aryl methyl sites for hydroxylation is 1. The molecule has 2 N–H and O–H groups in total. The van der Waals surface area contributed by atoms with Crippen molar-refractivity contribution in [1.82, 2.24) is 5.32 Å². The van der Waals surface area contributed by atoms with Crippen LogP contribution >= 0.6 is 15.9 Å². The van der Waals surface area contributed by atoms with Gasteiger partial charge in [0.1, 0.15) is 6.04 Å². The Hall–Kier alpha value is -1.62. The maximum atomic E-state index is 12.0. The number of nitrogens with one attached hydrogen (secondary N) is 1. The van der Waals surface area contributed by atoms with Crippen LogP contribution in [0.5, 0.6) is 0 Å². The Labute approximate surface area is 120 Å². The van der Waals surface area contributed by atoms with Gasteiger partial charge in [-0.25, -0.2) is 4.79 Å². The predicted octanol–water partition coefficient (Wildman–Crippen LogP) is 2.91. The van der Waals surface area contributed by atoms with E-state index in [1.54, 1.807) is 24.3 Å². The van der Waals surface area contributed by atoms with E-state index in [0.717, 1.165) is 10.0 Å². The fourth-order valence-electron chi connectivity index (χ4n) is 1.52. The summed E-state index contributed by atoms with van der Waals surface area (Å²) >= 11 is 3.34. The van der Waals surface area contributed by atoms with Crippen molar-refractivity contribution in [3.63, 3.8) is 0 Å². The highest BCUT2D eigenvalue weighted by Gasteiger charge is 2.19. The largest absolute Gasteiger partial charge is 0.480 e. The van der Waals surface area contributed by atoms with E-state index in [0.29, 0.717) is 18.4 Å². The van der Waals surface area contributed by atoms with E-state index in [1.807, 2.05) is 6.92 Å². The van der Waals surface area contributed by atoms with Gasteiger partial charge in [-0.3, -0.25) is 4.79 Å². The molecule has 0 heterocycles. The number of hydrogen-bond donors (Lipinski definition) is 2. The first-order valence-corrected chi connectivity index (χ1v) is 6.65. The van der Waals surface area contributed by atoms with E-state index >= 15 is 0 Å². The molecule has 0 aliphatic carbocycles. The van der Waals surface area contributed by atoms with Gasteiger partial charge < -0.3 is 10.4 Å². The van der Waals surface area contributed by atoms with E-state index in [4.69, 9.17) is 5.11 Å². The van der Waals surface area contributed by atoms with Gasteiger partial charge in [-0.1, -0.05) is 28.1 Å². The van der Waals surface area contributed by atoms with Crippen LogP contribution < -0.4 is 5.32 Å². The van der Waals surface area contributed by atoms with Crippen molar-refractivity contribution in [1.29, 1.82) is 0 Å². The summed E-state index contributed by atoms with van der Waals surface area (Å²) in [6, 6.07) is 4.25. The highest BCUT2D eigenvalue weighted by molar-refractivity contribution is 9.10. The molecular formula is C14H16BrNO3. The van der Waals surface area contributed by atoms with Crippen molar-refractivity contribution in [2.24, 2.45) is 0 Å². The Kier molecular flexibility index (Phi) is 5.76. The number of carboxylic acid groups (broad SMARTS) is 1. The molecule has 0 radical (unpaired) electrons. The molecule has 1 rings (SSSR count). The second kappa shape index (κ2) is 7.09. The van der Waals surface area contributed by atoms with Crippen LogP contribution in [0, 0.1) is 6.92 Å². The highest BCUT2D eigenvalue weighted by Crippen LogP contribution is 2.17. The lowest BCUT2D eigenvalue weighted by atomic mass is 10.1. The Balaban J connectivity index is 2.78. The number of rotatable bonds is 6. The minimum atomic E-state index is -1.04. The van der Waals surface area contributed by atoms with Crippen LogP contribution in [0.4, 0.5) is 0 Å². The minimum Gasteiger partial charge on any atom is -0.480 e. The third-order valence-corrected chi connectivity index (χ3v) is 3.55. The van der Waals surface area contributed by atoms with Crippen molar-refractivity contribution in [2.45, 2.75) is 25.8 Å². The zero-order valence-electron chi connectivity index (χ0n) is 10.6. The van der Waals surface area contributed by atoms with Gasteiger partial charge >= 0.3 is 5.97 Å². The van der Waals surface area contributed by atoms with Gasteiger partial charge in [-0.2, -0.15) is 0 Å². The number of carboxylic acids is 1. The van der Waals surface area contributed by atoms with Crippen molar-refractivity contribution in [2.75, 3.05) is 0 Å². The minimum absolute atomic E-state index is 0.331. The predicted molar refractivity (Wildman–Crippen MR) is 77.2 cm³/mol. The maximum absolute atomic E-state index is 12.0. The molecule has 1 unspecified atom stereocenters. The number of hydrogen-bond acceptors (Lipinski definition) is 2. The molecule has 19 heavy (non-hydrogen) atoms. The van der Waals surface area contributed by atoms with Crippen LogP contribution in [-0.2, 0) is 4.79 Å². The molecule has 5 heteroatoms. The number of aliphatic carboxylic acids is 1. The monoisotopic (exact) mass is 325 g/mol. The van der Waals surface area contributed by atoms with E-state index in [-0.39, 0.29) is 0 Å². The third kappa shape index (κ3) is 4.52. The third-order valence-electron chi connectivity index (χ3n) is 2.70. The number of carbonyl (C=O) groups is 2. The average molecular weight is 326 g/mol. The normalized spacial score (nSPS) is 11.7. The summed E-state index contributed by atoms with van der Waals surface area (Å²) in [6.07, 6.45) is 2.50. The summed E-state index contributed by atoms with van der Waals surface area (Å²) in [6.45, 7) is 5.45. The summed E-state index contributed by atoms with van der Waals surface area (Å²) in [5.74, 6) is -1.43. The number of amides is 1. The zero-order valence-corrected chi connectivity index (χ0v) is 12.2. The lowest BCUT2D eigenvalue weighted by molar-refractivity contribution is -0.139. The standard InChI is InChI=1S/C14H16BrNO3/c1-3-4-5-12(14(18)19)16-13(17)10-7-6-9(2)11(15)8-10/h3,6-8,12H,1,4-5H2,2H3,(H,16,17)(H,18,19). The molecule has 0 aliphatic rings. The molecule has 1 aromatic rings. The molecule has 0 fully saturated rings. The first-order chi connectivity index (χ1) is 8.95. The van der Waals surface area contributed by atoms with Gasteiger partial charge in [-0.05, 0) is 37.5 Å². The van der Waals surface area contributed by atoms with E-state index in [9.17, 15) is 9.59 Å². The molecule has 0 aromatic heterocycles. The first kappa shape index (κ1) is 15.4. The molecule has 1 amide bonds. The van der Waals surface area contributed by atoms with Crippen LogP contribution in [0.2, 0.25) is 0 Å². The second-order valence-electron chi connectivity index (χ2n) is 4.19. The fraction of sp³-hybridized carbons (Fsp3) is 0.286. The molecule has 0 saturated heterocycles. The molecule has 0 bridgehead atoms. The van der Waals surface area contributed by atoms with Gasteiger partial charge in [0, 0.05) is 10.0 Å². The summed E-state index contributed by atoms with van der Waals surface area (Å²) in [5.41, 5.74) is 1.44. The number of benzene rings is 1. The molecule has 1 atom stereocenters. The van der Waals surface area contributed by atoms with Gasteiger partial charge in [0.05, 0.1) is 0 Å². The van der Waals surface area contributed by atoms with Crippen LogP contribution in [0.25, 0.3) is 0 Å². The maximum Gasteiger partial charge on any atom is 0.326 e. The second-order valence-corrected chi connectivity index (χ2v) is 5.05. The van der Waals surface area contributed by atoms with Crippen LogP contribution in [0.15, 0.2) is 35.3 Å². The smallest absolute Gasteiger partial charge is 0.326 e. The topological polar surface area (TPSA) is 66.4 Å². The molecule has 0 saturated carbocycles. The molecule has 1 aromatic carbocycles. The fourth-order valence-corrected chi connectivity index (χ4v) is 1.90. The van der Waals surface area contributed by atoms with Crippen molar-refractivity contribution in [3.8, 4) is 0 Å². The van der Waals surface area contributed by atoms with Crippen LogP contribution in [-0.4, -0.2) is 23.0 Å². The van der Waals surface area contributed by atoms with Gasteiger partial charge in [0.25, 0.3) is 5.91 Å². The van der Waals surface area contributed by atoms with Crippen molar-refractivity contribution >= 4 is 27.8 Å². The molecule has 0 spiro atoms. The molecule has 4 nitrogen and oxygen atoms in total. The summed E-state index contributed by atoms with van der Waals surface area (Å²) < 4.78 is 0.818.